The molecule has 2 aromatic rings. The van der Waals surface area contributed by atoms with Crippen LogP contribution in [0.15, 0.2) is 41.3 Å². The molecule has 2 aromatic heterocycles. The summed E-state index contributed by atoms with van der Waals surface area (Å²) in [6, 6.07) is 6.01. The van der Waals surface area contributed by atoms with Gasteiger partial charge < -0.3 is 10.4 Å². The molecule has 0 saturated heterocycles. The van der Waals surface area contributed by atoms with E-state index in [0.29, 0.717) is 18.2 Å². The molecule has 0 bridgehead atoms. The van der Waals surface area contributed by atoms with Gasteiger partial charge in [-0.3, -0.25) is 9.97 Å². The highest BCUT2D eigenvalue weighted by Gasteiger charge is 2.32. The van der Waals surface area contributed by atoms with Crippen molar-refractivity contribution in [2.24, 2.45) is 5.92 Å². The second-order valence-corrected chi connectivity index (χ2v) is 6.02. The zero-order valence-corrected chi connectivity index (χ0v) is 12.5. The molecular formula is C15H16BrN3O. The maximum Gasteiger partial charge on any atom is 0.139 e. The summed E-state index contributed by atoms with van der Waals surface area (Å²) in [5.41, 5.74) is 1.87. The van der Waals surface area contributed by atoms with E-state index in [1.807, 2.05) is 12.3 Å². The van der Waals surface area contributed by atoms with Crippen molar-refractivity contribution in [3.63, 3.8) is 0 Å². The van der Waals surface area contributed by atoms with Gasteiger partial charge in [0.15, 0.2) is 0 Å². The molecular weight excluding hydrogens is 318 g/mol. The second kappa shape index (κ2) is 5.89. The first-order valence-corrected chi connectivity index (χ1v) is 7.50. The van der Waals surface area contributed by atoms with Gasteiger partial charge in [0.2, 0.25) is 0 Å². The lowest BCUT2D eigenvalue weighted by Gasteiger charge is -2.18. The Hall–Kier alpha value is -1.46. The highest BCUT2D eigenvalue weighted by atomic mass is 79.9. The monoisotopic (exact) mass is 333 g/mol. The van der Waals surface area contributed by atoms with Crippen LogP contribution in [0.5, 0.6) is 5.75 Å². The van der Waals surface area contributed by atoms with Crippen molar-refractivity contribution in [2.75, 3.05) is 0 Å². The van der Waals surface area contributed by atoms with Crippen LogP contribution in [0.4, 0.5) is 0 Å². The third-order valence-electron chi connectivity index (χ3n) is 3.54. The average Bonchev–Trinajstić information content (AvgIpc) is 3.27. The Morgan fingerprint density at radius 1 is 1.40 bits per heavy atom. The molecule has 0 aromatic carbocycles. The highest BCUT2D eigenvalue weighted by Crippen LogP contribution is 2.41. The molecule has 1 aliphatic rings. The molecule has 2 heterocycles. The summed E-state index contributed by atoms with van der Waals surface area (Å²) in [5, 5.41) is 13.4. The van der Waals surface area contributed by atoms with Crippen LogP contribution in [-0.4, -0.2) is 15.1 Å². The lowest BCUT2D eigenvalue weighted by Crippen LogP contribution is -2.23. The first kappa shape index (κ1) is 13.5. The number of hydrogen-bond donors (Lipinski definition) is 2. The largest absolute Gasteiger partial charge is 0.506 e. The van der Waals surface area contributed by atoms with E-state index < -0.39 is 0 Å². The molecule has 0 radical (unpaired) electrons. The van der Waals surface area contributed by atoms with Crippen LogP contribution in [-0.2, 0) is 6.54 Å². The van der Waals surface area contributed by atoms with E-state index in [0.717, 1.165) is 4.47 Å². The molecule has 104 valence electrons. The van der Waals surface area contributed by atoms with E-state index in [2.05, 4.69) is 37.3 Å². The Labute approximate surface area is 126 Å². The summed E-state index contributed by atoms with van der Waals surface area (Å²) in [5.74, 6) is 0.879. The molecule has 1 saturated carbocycles. The predicted octanol–water partition coefficient (Wildman–Crippen LogP) is 3.19. The van der Waals surface area contributed by atoms with Crippen LogP contribution in [0.1, 0.15) is 30.1 Å². The number of hydrogen-bond acceptors (Lipinski definition) is 4. The van der Waals surface area contributed by atoms with Gasteiger partial charge in [-0.05, 0) is 52.4 Å². The molecule has 4 nitrogen and oxygen atoms in total. The van der Waals surface area contributed by atoms with Crippen LogP contribution >= 0.6 is 15.9 Å². The van der Waals surface area contributed by atoms with E-state index in [9.17, 15) is 5.11 Å². The fraction of sp³-hybridized carbons (Fsp3) is 0.333. The van der Waals surface area contributed by atoms with Gasteiger partial charge >= 0.3 is 0 Å². The van der Waals surface area contributed by atoms with Gasteiger partial charge in [0, 0.05) is 35.6 Å². The minimum atomic E-state index is 0.215. The topological polar surface area (TPSA) is 58.0 Å². The van der Waals surface area contributed by atoms with E-state index in [4.69, 9.17) is 0 Å². The number of halogens is 1. The zero-order chi connectivity index (χ0) is 13.9. The molecule has 2 N–H and O–H groups in total. The minimum Gasteiger partial charge on any atom is -0.506 e. The molecule has 1 unspecified atom stereocenters. The van der Waals surface area contributed by atoms with Gasteiger partial charge in [0.25, 0.3) is 0 Å². The van der Waals surface area contributed by atoms with Gasteiger partial charge in [-0.25, -0.2) is 0 Å². The third-order valence-corrected chi connectivity index (χ3v) is 3.97. The Kier molecular flexibility index (Phi) is 3.98. The summed E-state index contributed by atoms with van der Waals surface area (Å²) >= 11 is 3.30. The summed E-state index contributed by atoms with van der Waals surface area (Å²) < 4.78 is 0.782. The maximum absolute atomic E-state index is 9.88. The van der Waals surface area contributed by atoms with Gasteiger partial charge in [0.1, 0.15) is 5.75 Å². The summed E-state index contributed by atoms with van der Waals surface area (Å²) in [6.07, 6.45) is 7.88. The maximum atomic E-state index is 9.88. The number of pyridine rings is 2. The number of nitrogens with one attached hydrogen (secondary N) is 1. The molecule has 1 atom stereocenters. The molecule has 20 heavy (non-hydrogen) atoms. The lowest BCUT2D eigenvalue weighted by molar-refractivity contribution is 0.438. The van der Waals surface area contributed by atoms with Gasteiger partial charge in [-0.2, -0.15) is 0 Å². The van der Waals surface area contributed by atoms with Crippen molar-refractivity contribution in [3.05, 3.63) is 52.5 Å². The van der Waals surface area contributed by atoms with Crippen molar-refractivity contribution < 1.29 is 5.11 Å². The van der Waals surface area contributed by atoms with Crippen LogP contribution in [0.25, 0.3) is 0 Å². The molecule has 1 fully saturated rings. The van der Waals surface area contributed by atoms with Gasteiger partial charge in [-0.15, -0.1) is 0 Å². The summed E-state index contributed by atoms with van der Waals surface area (Å²) in [4.78, 5) is 8.44. The Bertz CT molecular complexity index is 587. The first-order valence-electron chi connectivity index (χ1n) is 6.71. The van der Waals surface area contributed by atoms with Crippen molar-refractivity contribution >= 4 is 15.9 Å². The van der Waals surface area contributed by atoms with Crippen molar-refractivity contribution in [3.8, 4) is 5.75 Å². The van der Waals surface area contributed by atoms with Crippen LogP contribution in [0.2, 0.25) is 0 Å². The molecule has 0 spiro atoms. The molecule has 5 heteroatoms. The van der Waals surface area contributed by atoms with Crippen molar-refractivity contribution in [1.82, 2.24) is 15.3 Å². The van der Waals surface area contributed by atoms with Crippen molar-refractivity contribution in [1.29, 1.82) is 0 Å². The Balaban J connectivity index is 1.72. The Morgan fingerprint density at radius 2 is 2.25 bits per heavy atom. The zero-order valence-electron chi connectivity index (χ0n) is 11.0. The summed E-state index contributed by atoms with van der Waals surface area (Å²) in [7, 11) is 0. The van der Waals surface area contributed by atoms with Crippen LogP contribution in [0.3, 0.4) is 0 Å². The predicted molar refractivity (Wildman–Crippen MR) is 80.1 cm³/mol. The van der Waals surface area contributed by atoms with Crippen molar-refractivity contribution in [2.45, 2.75) is 25.4 Å². The first-order chi connectivity index (χ1) is 9.74. The van der Waals surface area contributed by atoms with Crippen LogP contribution < -0.4 is 5.32 Å². The number of nitrogens with zero attached hydrogens (tertiary/aromatic N) is 2. The quantitative estimate of drug-likeness (QED) is 0.882. The van der Waals surface area contributed by atoms with Gasteiger partial charge in [-0.1, -0.05) is 6.07 Å². The molecule has 0 amide bonds. The number of rotatable bonds is 5. The fourth-order valence-electron chi connectivity index (χ4n) is 2.35. The molecule has 3 rings (SSSR count). The minimum absolute atomic E-state index is 0.215. The lowest BCUT2D eigenvalue weighted by atomic mass is 10.0. The average molecular weight is 334 g/mol. The normalized spacial score (nSPS) is 16.1. The summed E-state index contributed by atoms with van der Waals surface area (Å²) in [6.45, 7) is 0.551. The Morgan fingerprint density at radius 3 is 2.90 bits per heavy atom. The number of aromatic hydroxyl groups is 1. The smallest absolute Gasteiger partial charge is 0.139 e. The highest BCUT2D eigenvalue weighted by molar-refractivity contribution is 9.10. The second-order valence-electron chi connectivity index (χ2n) is 5.10. The molecule has 1 aliphatic carbocycles. The number of aromatic nitrogens is 2. The van der Waals surface area contributed by atoms with E-state index in [1.165, 1.54) is 18.4 Å². The third kappa shape index (κ3) is 3.16. The van der Waals surface area contributed by atoms with E-state index in [-0.39, 0.29) is 11.8 Å². The fourth-order valence-corrected chi connectivity index (χ4v) is 2.67. The SMILES string of the molecule is Oc1cc(Br)cnc1CNC(c1cccnc1)C1CC1. The van der Waals surface area contributed by atoms with Gasteiger partial charge in [0.05, 0.1) is 5.69 Å². The van der Waals surface area contributed by atoms with E-state index in [1.54, 1.807) is 18.5 Å². The van der Waals surface area contributed by atoms with Crippen LogP contribution in [0, 0.1) is 5.92 Å². The van der Waals surface area contributed by atoms with E-state index >= 15 is 0 Å². The standard InChI is InChI=1S/C15H16BrN3O/c16-12-6-14(20)13(18-8-12)9-19-15(10-3-4-10)11-2-1-5-17-7-11/h1-2,5-8,10,15,19-20H,3-4,9H2. The molecule has 0 aliphatic heterocycles.